The van der Waals surface area contributed by atoms with Gasteiger partial charge in [-0.05, 0) is 75.2 Å². The molecule has 5 rings (SSSR count). The summed E-state index contributed by atoms with van der Waals surface area (Å²) < 4.78 is 18.2. The smallest absolute Gasteiger partial charge is 0.132 e. The van der Waals surface area contributed by atoms with E-state index in [0.717, 1.165) is 40.5 Å². The lowest BCUT2D eigenvalue weighted by atomic mass is 9.79. The molecule has 0 unspecified atom stereocenters. The average Bonchev–Trinajstić information content (AvgIpc) is 3.37. The molecule has 1 fully saturated rings. The van der Waals surface area contributed by atoms with Crippen LogP contribution in [0, 0.1) is 0 Å². The highest BCUT2D eigenvalue weighted by atomic mass is 35.5. The molecule has 3 aromatic carbocycles. The first-order chi connectivity index (χ1) is 16.5. The standard InChI is InChI=1S/C30H33NO3.ClH/c1-30(2)29(23-9-5-4-6-10-23)28(22-11-13-24(32-3)14-12-22)26-16-15-25(21-27(26)34-30)33-20-19-31-17-7-8-18-31;/h4-6,9-16,21H,7-8,17-20H2,1-3H3;1H. The number of rotatable bonds is 7. The van der Waals surface area contributed by atoms with Crippen LogP contribution in [-0.4, -0.2) is 43.9 Å². The molecule has 184 valence electrons. The van der Waals surface area contributed by atoms with Crippen LogP contribution in [0.25, 0.3) is 11.1 Å². The highest BCUT2D eigenvalue weighted by molar-refractivity contribution is 6.04. The molecule has 0 saturated carbocycles. The molecule has 0 atom stereocenters. The number of benzene rings is 3. The molecule has 0 amide bonds. The van der Waals surface area contributed by atoms with Crippen molar-refractivity contribution in [3.05, 3.63) is 89.5 Å². The zero-order chi connectivity index (χ0) is 23.5. The van der Waals surface area contributed by atoms with Crippen LogP contribution < -0.4 is 14.2 Å². The molecule has 2 aliphatic heterocycles. The largest absolute Gasteiger partial charge is 0.497 e. The number of ether oxygens (including phenoxy) is 3. The van der Waals surface area contributed by atoms with Crippen molar-refractivity contribution in [2.45, 2.75) is 32.3 Å². The summed E-state index contributed by atoms with van der Waals surface area (Å²) in [5.41, 5.74) is 5.22. The van der Waals surface area contributed by atoms with Crippen LogP contribution in [0.5, 0.6) is 17.2 Å². The maximum absolute atomic E-state index is 6.63. The first-order valence-electron chi connectivity index (χ1n) is 12.2. The molecule has 0 N–H and O–H groups in total. The Morgan fingerprint density at radius 1 is 0.857 bits per heavy atom. The van der Waals surface area contributed by atoms with Crippen molar-refractivity contribution >= 4 is 23.6 Å². The molecule has 4 nitrogen and oxygen atoms in total. The van der Waals surface area contributed by atoms with Gasteiger partial charge in [-0.25, -0.2) is 0 Å². The molecular formula is C30H34ClNO3. The molecule has 1 saturated heterocycles. The molecule has 0 aromatic heterocycles. The Labute approximate surface area is 214 Å². The fourth-order valence-electron chi connectivity index (χ4n) is 5.10. The Bertz CT molecular complexity index is 1170. The van der Waals surface area contributed by atoms with Gasteiger partial charge >= 0.3 is 0 Å². The molecule has 2 heterocycles. The number of hydrogen-bond acceptors (Lipinski definition) is 4. The summed E-state index contributed by atoms with van der Waals surface area (Å²) in [5, 5.41) is 0. The number of methoxy groups -OCH3 is 1. The lowest BCUT2D eigenvalue weighted by Gasteiger charge is -2.38. The van der Waals surface area contributed by atoms with Crippen LogP contribution in [0.3, 0.4) is 0 Å². The van der Waals surface area contributed by atoms with Crippen molar-refractivity contribution in [1.82, 2.24) is 4.90 Å². The number of likely N-dealkylation sites (tertiary alicyclic amines) is 1. The minimum absolute atomic E-state index is 0. The van der Waals surface area contributed by atoms with Crippen LogP contribution >= 0.6 is 12.4 Å². The summed E-state index contributed by atoms with van der Waals surface area (Å²) in [7, 11) is 1.70. The van der Waals surface area contributed by atoms with Gasteiger partial charge in [0.25, 0.3) is 0 Å². The second-order valence-corrected chi connectivity index (χ2v) is 9.51. The summed E-state index contributed by atoms with van der Waals surface area (Å²) in [6.45, 7) is 8.31. The van der Waals surface area contributed by atoms with Gasteiger partial charge < -0.3 is 14.2 Å². The van der Waals surface area contributed by atoms with Gasteiger partial charge in [0.1, 0.15) is 29.5 Å². The molecular weight excluding hydrogens is 458 g/mol. The highest BCUT2D eigenvalue weighted by Gasteiger charge is 2.36. The third kappa shape index (κ3) is 5.34. The predicted octanol–water partition coefficient (Wildman–Crippen LogP) is 6.72. The van der Waals surface area contributed by atoms with Crippen LogP contribution in [0.15, 0.2) is 72.8 Å². The molecule has 2 aliphatic rings. The van der Waals surface area contributed by atoms with Gasteiger partial charge in [-0.2, -0.15) is 0 Å². The number of fused-ring (bicyclic) bond motifs is 1. The second kappa shape index (κ2) is 10.8. The SMILES string of the molecule is COc1ccc(C2=C(c3ccccc3)C(C)(C)Oc3cc(OCCN4CCCC4)ccc32)cc1.Cl. The zero-order valence-electron chi connectivity index (χ0n) is 20.8. The van der Waals surface area contributed by atoms with E-state index in [-0.39, 0.29) is 12.4 Å². The normalized spacial score (nSPS) is 16.8. The van der Waals surface area contributed by atoms with Gasteiger partial charge in [0.05, 0.1) is 7.11 Å². The van der Waals surface area contributed by atoms with Crippen molar-refractivity contribution in [1.29, 1.82) is 0 Å². The van der Waals surface area contributed by atoms with E-state index in [2.05, 4.69) is 67.3 Å². The maximum Gasteiger partial charge on any atom is 0.132 e. The fraction of sp³-hybridized carbons (Fsp3) is 0.333. The molecule has 3 aromatic rings. The van der Waals surface area contributed by atoms with Crippen LogP contribution in [0.1, 0.15) is 43.4 Å². The Hall–Kier alpha value is -2.95. The van der Waals surface area contributed by atoms with Crippen LogP contribution in [0.4, 0.5) is 0 Å². The molecule has 0 radical (unpaired) electrons. The van der Waals surface area contributed by atoms with Crippen molar-refractivity contribution in [2.75, 3.05) is 33.4 Å². The highest BCUT2D eigenvalue weighted by Crippen LogP contribution is 2.49. The first-order valence-corrected chi connectivity index (χ1v) is 12.2. The van der Waals surface area contributed by atoms with Gasteiger partial charge in [-0.15, -0.1) is 12.4 Å². The molecule has 0 bridgehead atoms. The molecule has 5 heteroatoms. The average molecular weight is 492 g/mol. The summed E-state index contributed by atoms with van der Waals surface area (Å²) in [6.07, 6.45) is 2.60. The third-order valence-electron chi connectivity index (χ3n) is 6.76. The molecule has 0 spiro atoms. The van der Waals surface area contributed by atoms with Crippen molar-refractivity contribution in [3.63, 3.8) is 0 Å². The quantitative estimate of drug-likeness (QED) is 0.367. The maximum atomic E-state index is 6.63. The first kappa shape index (κ1) is 25.2. The van der Waals surface area contributed by atoms with Crippen molar-refractivity contribution in [3.8, 4) is 17.2 Å². The minimum Gasteiger partial charge on any atom is -0.497 e. The van der Waals surface area contributed by atoms with E-state index in [9.17, 15) is 0 Å². The van der Waals surface area contributed by atoms with E-state index in [1.807, 2.05) is 24.3 Å². The minimum atomic E-state index is -0.516. The van der Waals surface area contributed by atoms with Gasteiger partial charge in [-0.1, -0.05) is 42.5 Å². The van der Waals surface area contributed by atoms with E-state index in [0.29, 0.717) is 6.61 Å². The van der Waals surface area contributed by atoms with Crippen LogP contribution in [-0.2, 0) is 0 Å². The van der Waals surface area contributed by atoms with Crippen molar-refractivity contribution < 1.29 is 14.2 Å². The van der Waals surface area contributed by atoms with E-state index >= 15 is 0 Å². The Morgan fingerprint density at radius 2 is 1.54 bits per heavy atom. The fourth-order valence-corrected chi connectivity index (χ4v) is 5.10. The Morgan fingerprint density at radius 3 is 2.23 bits per heavy atom. The zero-order valence-corrected chi connectivity index (χ0v) is 21.6. The van der Waals surface area contributed by atoms with E-state index in [4.69, 9.17) is 14.2 Å². The molecule has 0 aliphatic carbocycles. The van der Waals surface area contributed by atoms with Gasteiger partial charge in [0, 0.05) is 29.3 Å². The van der Waals surface area contributed by atoms with Crippen LogP contribution in [0.2, 0.25) is 0 Å². The topological polar surface area (TPSA) is 30.9 Å². The monoisotopic (exact) mass is 491 g/mol. The Balaban J connectivity index is 0.00000289. The summed E-state index contributed by atoms with van der Waals surface area (Å²) in [4.78, 5) is 2.47. The van der Waals surface area contributed by atoms with Gasteiger partial charge in [-0.3, -0.25) is 4.90 Å². The number of nitrogens with zero attached hydrogens (tertiary/aromatic N) is 1. The van der Waals surface area contributed by atoms with E-state index in [1.165, 1.54) is 37.1 Å². The van der Waals surface area contributed by atoms with Crippen molar-refractivity contribution in [2.24, 2.45) is 0 Å². The summed E-state index contributed by atoms with van der Waals surface area (Å²) in [5.74, 6) is 2.55. The Kier molecular flexibility index (Phi) is 7.73. The molecule has 35 heavy (non-hydrogen) atoms. The predicted molar refractivity (Wildman–Crippen MR) is 145 cm³/mol. The summed E-state index contributed by atoms with van der Waals surface area (Å²) >= 11 is 0. The lowest BCUT2D eigenvalue weighted by molar-refractivity contribution is 0.167. The van der Waals surface area contributed by atoms with Gasteiger partial charge in [0.15, 0.2) is 0 Å². The third-order valence-corrected chi connectivity index (χ3v) is 6.76. The second-order valence-electron chi connectivity index (χ2n) is 9.51. The van der Waals surface area contributed by atoms with Gasteiger partial charge in [0.2, 0.25) is 0 Å². The van der Waals surface area contributed by atoms with E-state index in [1.54, 1.807) is 7.11 Å². The number of halogens is 1. The lowest BCUT2D eigenvalue weighted by Crippen LogP contribution is -2.34. The summed E-state index contributed by atoms with van der Waals surface area (Å²) in [6, 6.07) is 25.1. The van der Waals surface area contributed by atoms with E-state index < -0.39 is 5.60 Å². The number of hydrogen-bond donors (Lipinski definition) is 0.